The van der Waals surface area contributed by atoms with Crippen LogP contribution < -0.4 is 5.73 Å². The van der Waals surface area contributed by atoms with Gasteiger partial charge in [0.2, 0.25) is 0 Å². The van der Waals surface area contributed by atoms with E-state index in [0.717, 1.165) is 42.9 Å². The highest BCUT2D eigenvalue weighted by molar-refractivity contribution is 5.71. The summed E-state index contributed by atoms with van der Waals surface area (Å²) in [6.07, 6.45) is 7.75. The van der Waals surface area contributed by atoms with Gasteiger partial charge in [-0.15, -0.1) is 0 Å². The molecule has 0 atom stereocenters. The maximum absolute atomic E-state index is 6.23. The molecule has 0 bridgehead atoms. The van der Waals surface area contributed by atoms with Crippen LogP contribution in [0.1, 0.15) is 51.8 Å². The second-order valence-electron chi connectivity index (χ2n) is 6.60. The van der Waals surface area contributed by atoms with Crippen molar-refractivity contribution >= 4 is 11.2 Å². The highest BCUT2D eigenvalue weighted by atomic mass is 15.1. The minimum atomic E-state index is 0.0440. The molecule has 21 heavy (non-hydrogen) atoms. The quantitative estimate of drug-likeness (QED) is 0.938. The summed E-state index contributed by atoms with van der Waals surface area (Å²) < 4.78 is 2.32. The van der Waals surface area contributed by atoms with Crippen molar-refractivity contribution in [3.63, 3.8) is 0 Å². The Hall–Kier alpha value is -1.42. The third-order valence-electron chi connectivity index (χ3n) is 5.05. The zero-order valence-corrected chi connectivity index (χ0v) is 13.2. The summed E-state index contributed by atoms with van der Waals surface area (Å²) in [6.45, 7) is 6.21. The Bertz CT molecular complexity index is 608. The van der Waals surface area contributed by atoms with Gasteiger partial charge in [0, 0.05) is 24.7 Å². The summed E-state index contributed by atoms with van der Waals surface area (Å²) in [5.41, 5.74) is 8.29. The number of imidazole rings is 1. The van der Waals surface area contributed by atoms with Crippen LogP contribution in [0.3, 0.4) is 0 Å². The molecular weight excluding hydrogens is 260 g/mol. The third-order valence-corrected chi connectivity index (χ3v) is 5.05. The van der Waals surface area contributed by atoms with Crippen molar-refractivity contribution in [3.8, 4) is 0 Å². The number of aromatic nitrogens is 3. The molecule has 0 spiro atoms. The number of fused-ring (bicyclic) bond motifs is 1. The normalized spacial score (nSPS) is 26.3. The number of rotatable bonds is 4. The Kier molecular flexibility index (Phi) is 3.98. The molecule has 0 aromatic carbocycles. The molecule has 4 nitrogen and oxygen atoms in total. The zero-order chi connectivity index (χ0) is 14.9. The third kappa shape index (κ3) is 2.46. The Balaban J connectivity index is 2.11. The fraction of sp³-hybridized carbons (Fsp3) is 0.647. The maximum atomic E-state index is 6.23. The van der Waals surface area contributed by atoms with Crippen molar-refractivity contribution in [3.05, 3.63) is 24.2 Å². The number of hydrogen-bond acceptors (Lipinski definition) is 3. The molecule has 114 valence electrons. The van der Waals surface area contributed by atoms with Crippen LogP contribution in [0.2, 0.25) is 0 Å². The molecule has 1 aliphatic carbocycles. The highest BCUT2D eigenvalue weighted by Gasteiger charge is 2.39. The number of aryl methyl sites for hydroxylation is 1. The fourth-order valence-corrected chi connectivity index (χ4v) is 3.63. The number of nitrogens with zero attached hydrogens (tertiary/aromatic N) is 3. The molecule has 0 aliphatic heterocycles. The average molecular weight is 286 g/mol. The van der Waals surface area contributed by atoms with Gasteiger partial charge in [0.1, 0.15) is 11.3 Å². The van der Waals surface area contributed by atoms with E-state index < -0.39 is 0 Å². The van der Waals surface area contributed by atoms with Crippen molar-refractivity contribution in [2.45, 2.75) is 57.9 Å². The lowest BCUT2D eigenvalue weighted by Crippen LogP contribution is -2.41. The van der Waals surface area contributed by atoms with Gasteiger partial charge in [-0.1, -0.05) is 13.8 Å². The fourth-order valence-electron chi connectivity index (χ4n) is 3.63. The van der Waals surface area contributed by atoms with E-state index in [0.29, 0.717) is 6.54 Å². The largest absolute Gasteiger partial charge is 0.329 e. The van der Waals surface area contributed by atoms with Crippen LogP contribution in [-0.4, -0.2) is 21.1 Å². The first-order valence-corrected chi connectivity index (χ1v) is 8.22. The van der Waals surface area contributed by atoms with Crippen LogP contribution in [0.15, 0.2) is 18.3 Å². The number of pyridine rings is 1. The summed E-state index contributed by atoms with van der Waals surface area (Å²) in [4.78, 5) is 9.50. The predicted molar refractivity (Wildman–Crippen MR) is 86.2 cm³/mol. The lowest BCUT2D eigenvalue weighted by Gasteiger charge is -2.38. The maximum Gasteiger partial charge on any atom is 0.159 e. The first-order valence-electron chi connectivity index (χ1n) is 8.22. The van der Waals surface area contributed by atoms with Gasteiger partial charge in [0.05, 0.1) is 0 Å². The summed E-state index contributed by atoms with van der Waals surface area (Å²) in [5, 5.41) is 0. The molecule has 2 N–H and O–H groups in total. The van der Waals surface area contributed by atoms with E-state index in [2.05, 4.69) is 29.5 Å². The van der Waals surface area contributed by atoms with Crippen LogP contribution >= 0.6 is 0 Å². The van der Waals surface area contributed by atoms with Crippen molar-refractivity contribution < 1.29 is 0 Å². The lowest BCUT2D eigenvalue weighted by molar-refractivity contribution is 0.231. The molecule has 0 unspecified atom stereocenters. The van der Waals surface area contributed by atoms with E-state index >= 15 is 0 Å². The standard InChI is InChI=1S/C17H26N4/c1-3-11-21-15-14(5-4-10-19-15)20-16(21)17(12-18)8-6-13(2)7-9-17/h4-5,10,13H,3,6-9,11-12,18H2,1-2H3. The number of nitrogens with two attached hydrogens (primary N) is 1. The summed E-state index contributed by atoms with van der Waals surface area (Å²) in [7, 11) is 0. The smallest absolute Gasteiger partial charge is 0.159 e. The summed E-state index contributed by atoms with van der Waals surface area (Å²) in [5.74, 6) is 1.99. The summed E-state index contributed by atoms with van der Waals surface area (Å²) in [6, 6.07) is 4.03. The summed E-state index contributed by atoms with van der Waals surface area (Å²) >= 11 is 0. The molecule has 1 aliphatic rings. The molecule has 1 saturated carbocycles. The molecule has 0 amide bonds. The van der Waals surface area contributed by atoms with Crippen LogP contribution in [-0.2, 0) is 12.0 Å². The predicted octanol–water partition coefficient (Wildman–Crippen LogP) is 3.25. The lowest BCUT2D eigenvalue weighted by atomic mass is 9.70. The Labute approximate surface area is 126 Å². The van der Waals surface area contributed by atoms with Gasteiger partial charge < -0.3 is 10.3 Å². The Morgan fingerprint density at radius 2 is 2.14 bits per heavy atom. The van der Waals surface area contributed by atoms with Crippen LogP contribution in [0.25, 0.3) is 11.2 Å². The van der Waals surface area contributed by atoms with Crippen molar-refractivity contribution in [2.75, 3.05) is 6.54 Å². The second-order valence-corrected chi connectivity index (χ2v) is 6.60. The minimum Gasteiger partial charge on any atom is -0.329 e. The van der Waals surface area contributed by atoms with Gasteiger partial charge in [-0.05, 0) is 50.2 Å². The molecule has 0 saturated heterocycles. The molecule has 0 radical (unpaired) electrons. The Morgan fingerprint density at radius 1 is 1.38 bits per heavy atom. The van der Waals surface area contributed by atoms with E-state index in [1.165, 1.54) is 18.7 Å². The molecule has 4 heteroatoms. The van der Waals surface area contributed by atoms with Crippen molar-refractivity contribution in [1.82, 2.24) is 14.5 Å². The van der Waals surface area contributed by atoms with Gasteiger partial charge in [0.25, 0.3) is 0 Å². The SMILES string of the molecule is CCCn1c(C2(CN)CCC(C)CC2)nc2cccnc21. The monoisotopic (exact) mass is 286 g/mol. The van der Waals surface area contributed by atoms with Crippen molar-refractivity contribution in [1.29, 1.82) is 0 Å². The van der Waals surface area contributed by atoms with Gasteiger partial charge in [-0.25, -0.2) is 9.97 Å². The molecule has 3 rings (SSSR count). The zero-order valence-electron chi connectivity index (χ0n) is 13.2. The van der Waals surface area contributed by atoms with Crippen LogP contribution in [0.5, 0.6) is 0 Å². The van der Waals surface area contributed by atoms with E-state index in [-0.39, 0.29) is 5.41 Å². The Morgan fingerprint density at radius 3 is 2.81 bits per heavy atom. The van der Waals surface area contributed by atoms with Gasteiger partial charge >= 0.3 is 0 Å². The van der Waals surface area contributed by atoms with Crippen LogP contribution in [0.4, 0.5) is 0 Å². The average Bonchev–Trinajstić information content (AvgIpc) is 2.89. The van der Waals surface area contributed by atoms with Gasteiger partial charge in [-0.2, -0.15) is 0 Å². The molecule has 2 aromatic rings. The molecule has 2 heterocycles. The minimum absolute atomic E-state index is 0.0440. The first-order chi connectivity index (χ1) is 10.2. The van der Waals surface area contributed by atoms with E-state index in [1.807, 2.05) is 12.3 Å². The van der Waals surface area contributed by atoms with Gasteiger partial charge in [0.15, 0.2) is 5.65 Å². The topological polar surface area (TPSA) is 56.7 Å². The first kappa shape index (κ1) is 14.5. The van der Waals surface area contributed by atoms with E-state index in [9.17, 15) is 0 Å². The molecule has 2 aromatic heterocycles. The second kappa shape index (κ2) is 5.76. The highest BCUT2D eigenvalue weighted by Crippen LogP contribution is 2.41. The molecule has 1 fully saturated rings. The van der Waals surface area contributed by atoms with Crippen molar-refractivity contribution in [2.24, 2.45) is 11.7 Å². The van der Waals surface area contributed by atoms with Gasteiger partial charge in [-0.3, -0.25) is 0 Å². The van der Waals surface area contributed by atoms with E-state index in [4.69, 9.17) is 10.7 Å². The van der Waals surface area contributed by atoms with E-state index in [1.54, 1.807) is 0 Å². The molecular formula is C17H26N4. The number of hydrogen-bond donors (Lipinski definition) is 1. The van der Waals surface area contributed by atoms with Crippen LogP contribution in [0, 0.1) is 5.92 Å².